The van der Waals surface area contributed by atoms with Gasteiger partial charge in [0.1, 0.15) is 0 Å². The monoisotopic (exact) mass is 436 g/mol. The molecular weight excluding hydrogens is 412 g/mol. The Hall–Kier alpha value is -4.32. The summed E-state index contributed by atoms with van der Waals surface area (Å²) in [6.07, 6.45) is 17.6. The maximum absolute atomic E-state index is 12.7. The van der Waals surface area contributed by atoms with Gasteiger partial charge in [0.05, 0.1) is 18.6 Å². The molecule has 0 fully saturated rings. The molecule has 0 aliphatic carbocycles. The molecule has 0 saturated heterocycles. The molecule has 33 heavy (non-hydrogen) atoms. The van der Waals surface area contributed by atoms with Gasteiger partial charge in [-0.25, -0.2) is 9.97 Å². The Labute approximate surface area is 192 Å². The van der Waals surface area contributed by atoms with Gasteiger partial charge in [-0.2, -0.15) is 0 Å². The Morgan fingerprint density at radius 3 is 1.52 bits per heavy atom. The number of imidazole rings is 2. The fourth-order valence-electron chi connectivity index (χ4n) is 3.47. The quantitative estimate of drug-likeness (QED) is 0.275. The third-order valence-corrected chi connectivity index (χ3v) is 5.37. The molecule has 0 aliphatic rings. The Bertz CT molecular complexity index is 1150. The van der Waals surface area contributed by atoms with E-state index in [1.54, 1.807) is 37.2 Å². The van der Waals surface area contributed by atoms with E-state index in [9.17, 15) is 9.59 Å². The number of hydrogen-bond acceptors (Lipinski definition) is 4. The maximum Gasteiger partial charge on any atom is 0.166 e. The average Bonchev–Trinajstić information content (AvgIpc) is 3.57. The van der Waals surface area contributed by atoms with Gasteiger partial charge in [0.25, 0.3) is 0 Å². The molecule has 0 spiro atoms. The lowest BCUT2D eigenvalue weighted by Gasteiger charge is -2.07. The van der Waals surface area contributed by atoms with Crippen LogP contribution < -0.4 is 0 Å². The first-order valence-corrected chi connectivity index (χ1v) is 10.7. The molecule has 0 unspecified atom stereocenters. The van der Waals surface area contributed by atoms with E-state index in [1.807, 2.05) is 77.0 Å². The number of allylic oxidation sites excluding steroid dienone is 2. The van der Waals surface area contributed by atoms with Crippen LogP contribution in [0.25, 0.3) is 23.5 Å². The van der Waals surface area contributed by atoms with Gasteiger partial charge in [-0.1, -0.05) is 43.3 Å². The van der Waals surface area contributed by atoms with Crippen LogP contribution in [0.15, 0.2) is 98.1 Å². The fraction of sp³-hybridized carbons (Fsp3) is 0.111. The normalized spacial score (nSPS) is 11.6. The number of aromatic nitrogens is 4. The maximum atomic E-state index is 12.7. The molecule has 6 nitrogen and oxygen atoms in total. The number of nitrogens with zero attached hydrogens (tertiary/aromatic N) is 4. The van der Waals surface area contributed by atoms with Crippen LogP contribution in [0.5, 0.6) is 0 Å². The molecule has 0 bridgehead atoms. The summed E-state index contributed by atoms with van der Waals surface area (Å²) >= 11 is 0. The van der Waals surface area contributed by atoms with Crippen molar-refractivity contribution in [2.24, 2.45) is 5.92 Å². The summed E-state index contributed by atoms with van der Waals surface area (Å²) in [6, 6.07) is 15.5. The number of ketones is 2. The zero-order valence-electron chi connectivity index (χ0n) is 18.3. The molecule has 0 aliphatic heterocycles. The van der Waals surface area contributed by atoms with Crippen LogP contribution in [0.2, 0.25) is 0 Å². The van der Waals surface area contributed by atoms with E-state index >= 15 is 0 Å². The van der Waals surface area contributed by atoms with Crippen LogP contribution in [0.1, 0.15) is 24.5 Å². The molecule has 2 aromatic heterocycles. The molecule has 4 aromatic rings. The van der Waals surface area contributed by atoms with Gasteiger partial charge in [-0.05, 0) is 54.0 Å². The van der Waals surface area contributed by atoms with Crippen LogP contribution in [-0.4, -0.2) is 30.7 Å². The molecule has 0 radical (unpaired) electrons. The molecule has 4 rings (SSSR count). The van der Waals surface area contributed by atoms with Crippen LogP contribution in [0.4, 0.5) is 0 Å². The van der Waals surface area contributed by atoms with Crippen molar-refractivity contribution in [3.8, 4) is 11.4 Å². The lowest BCUT2D eigenvalue weighted by molar-refractivity contribution is -0.127. The molecule has 0 atom stereocenters. The zero-order chi connectivity index (χ0) is 23.0. The molecule has 2 heterocycles. The van der Waals surface area contributed by atoms with Gasteiger partial charge >= 0.3 is 0 Å². The Kier molecular flexibility index (Phi) is 6.85. The van der Waals surface area contributed by atoms with Gasteiger partial charge in [0.15, 0.2) is 11.6 Å². The summed E-state index contributed by atoms with van der Waals surface area (Å²) in [5.74, 6) is -1.07. The zero-order valence-corrected chi connectivity index (χ0v) is 18.3. The van der Waals surface area contributed by atoms with E-state index in [1.165, 1.54) is 12.2 Å². The van der Waals surface area contributed by atoms with Crippen molar-refractivity contribution < 1.29 is 9.59 Å². The van der Waals surface area contributed by atoms with Gasteiger partial charge in [0, 0.05) is 36.2 Å². The van der Waals surface area contributed by atoms with Crippen molar-refractivity contribution >= 4 is 23.7 Å². The number of carbonyl (C=O) groups excluding carboxylic acids is 2. The second-order valence-corrected chi connectivity index (χ2v) is 7.56. The number of hydrogen-bond donors (Lipinski definition) is 0. The highest BCUT2D eigenvalue weighted by atomic mass is 16.1. The smallest absolute Gasteiger partial charge is 0.166 e. The first-order valence-electron chi connectivity index (χ1n) is 10.7. The van der Waals surface area contributed by atoms with Crippen LogP contribution in [0, 0.1) is 5.92 Å². The van der Waals surface area contributed by atoms with Gasteiger partial charge in [-0.15, -0.1) is 0 Å². The predicted octanol–water partition coefficient (Wildman–Crippen LogP) is 4.95. The van der Waals surface area contributed by atoms with E-state index in [0.29, 0.717) is 6.42 Å². The third kappa shape index (κ3) is 5.49. The molecule has 6 heteroatoms. The number of carbonyl (C=O) groups is 2. The minimum Gasteiger partial charge on any atom is -0.306 e. The molecular formula is C27H24N4O2. The van der Waals surface area contributed by atoms with Crippen molar-refractivity contribution in [2.75, 3.05) is 0 Å². The highest BCUT2D eigenvalue weighted by Crippen LogP contribution is 2.15. The molecule has 0 saturated carbocycles. The highest BCUT2D eigenvalue weighted by molar-refractivity contribution is 6.13. The summed E-state index contributed by atoms with van der Waals surface area (Å²) in [4.78, 5) is 33.4. The van der Waals surface area contributed by atoms with Crippen LogP contribution in [-0.2, 0) is 9.59 Å². The Morgan fingerprint density at radius 1 is 0.758 bits per heavy atom. The number of benzene rings is 2. The van der Waals surface area contributed by atoms with Gasteiger partial charge < -0.3 is 9.13 Å². The Morgan fingerprint density at radius 2 is 1.18 bits per heavy atom. The molecule has 164 valence electrons. The van der Waals surface area contributed by atoms with E-state index in [0.717, 1.165) is 22.5 Å². The minimum atomic E-state index is -0.687. The first kappa shape index (κ1) is 21.9. The minimum absolute atomic E-state index is 0.193. The summed E-state index contributed by atoms with van der Waals surface area (Å²) in [6.45, 7) is 1.85. The van der Waals surface area contributed by atoms with E-state index in [2.05, 4.69) is 9.97 Å². The van der Waals surface area contributed by atoms with E-state index < -0.39 is 5.92 Å². The standard InChI is InChI=1S/C27H24N4O2/c1-2-25(26(32)13-7-21-3-9-23(10-4-21)30-17-15-28-19-30)27(33)14-8-22-5-11-24(12-6-22)31-18-16-29-20-31/h3-20,25H,2H2,1H3/b13-7+,14-8+. The van der Waals surface area contributed by atoms with Crippen molar-refractivity contribution in [3.05, 3.63) is 109 Å². The summed E-state index contributed by atoms with van der Waals surface area (Å²) in [5, 5.41) is 0. The highest BCUT2D eigenvalue weighted by Gasteiger charge is 2.20. The van der Waals surface area contributed by atoms with Gasteiger partial charge in [0.2, 0.25) is 0 Å². The fourth-order valence-corrected chi connectivity index (χ4v) is 3.47. The van der Waals surface area contributed by atoms with Crippen molar-refractivity contribution in [3.63, 3.8) is 0 Å². The second-order valence-electron chi connectivity index (χ2n) is 7.56. The van der Waals surface area contributed by atoms with Gasteiger partial charge in [-0.3, -0.25) is 9.59 Å². The lowest BCUT2D eigenvalue weighted by atomic mass is 9.94. The largest absolute Gasteiger partial charge is 0.306 e. The average molecular weight is 437 g/mol. The van der Waals surface area contributed by atoms with E-state index in [4.69, 9.17) is 0 Å². The van der Waals surface area contributed by atoms with Crippen LogP contribution >= 0.6 is 0 Å². The van der Waals surface area contributed by atoms with Crippen molar-refractivity contribution in [2.45, 2.75) is 13.3 Å². The topological polar surface area (TPSA) is 69.8 Å². The third-order valence-electron chi connectivity index (χ3n) is 5.37. The first-order chi connectivity index (χ1) is 16.1. The molecule has 2 aromatic carbocycles. The second kappa shape index (κ2) is 10.3. The molecule has 0 amide bonds. The van der Waals surface area contributed by atoms with Crippen molar-refractivity contribution in [1.82, 2.24) is 19.1 Å². The summed E-state index contributed by atoms with van der Waals surface area (Å²) in [5.41, 5.74) is 3.76. The summed E-state index contributed by atoms with van der Waals surface area (Å²) in [7, 11) is 0. The predicted molar refractivity (Wildman–Crippen MR) is 129 cm³/mol. The summed E-state index contributed by atoms with van der Waals surface area (Å²) < 4.78 is 3.81. The SMILES string of the molecule is CCC(C(=O)/C=C/c1ccc(-n2ccnc2)cc1)C(=O)/C=C/c1ccc(-n2ccnc2)cc1. The Balaban J connectivity index is 1.37. The van der Waals surface area contributed by atoms with Crippen molar-refractivity contribution in [1.29, 1.82) is 0 Å². The van der Waals surface area contributed by atoms with E-state index in [-0.39, 0.29) is 11.6 Å². The van der Waals surface area contributed by atoms with Crippen LogP contribution in [0.3, 0.4) is 0 Å². The molecule has 0 N–H and O–H groups in total. The lowest BCUT2D eigenvalue weighted by Crippen LogP contribution is -2.20. The number of rotatable bonds is 9.